The average molecular weight is 486 g/mol. The third kappa shape index (κ3) is 4.84. The number of rotatable bonds is 7. The van der Waals surface area contributed by atoms with Crippen LogP contribution in [0.5, 0.6) is 5.88 Å². The highest BCUT2D eigenvalue weighted by molar-refractivity contribution is 5.97. The van der Waals surface area contributed by atoms with Crippen molar-refractivity contribution in [3.8, 4) is 5.88 Å². The molecule has 1 aliphatic carbocycles. The zero-order valence-corrected chi connectivity index (χ0v) is 21.0. The first-order valence-electron chi connectivity index (χ1n) is 12.3. The van der Waals surface area contributed by atoms with E-state index in [9.17, 15) is 24.6 Å². The smallest absolute Gasteiger partial charge is 0.270 e. The van der Waals surface area contributed by atoms with Crippen LogP contribution in [-0.2, 0) is 11.3 Å². The topological polar surface area (TPSA) is 129 Å². The number of amides is 2. The van der Waals surface area contributed by atoms with E-state index in [0.29, 0.717) is 30.0 Å². The third-order valence-corrected chi connectivity index (χ3v) is 6.65. The summed E-state index contributed by atoms with van der Waals surface area (Å²) >= 11 is 0. The van der Waals surface area contributed by atoms with Crippen molar-refractivity contribution >= 4 is 23.5 Å². The molecule has 35 heavy (non-hydrogen) atoms. The van der Waals surface area contributed by atoms with E-state index in [1.54, 1.807) is 31.7 Å². The van der Waals surface area contributed by atoms with Crippen molar-refractivity contribution in [1.29, 1.82) is 0 Å². The SMILES string of the molecule is Cc1nn2c(O)c(C(=O)NC3CC3)c(=O)n(CC(C)C)c2c1/C=C/C(=O)N1CCC[C@H]1C(C)(C)O. The van der Waals surface area contributed by atoms with E-state index in [1.807, 2.05) is 13.8 Å². The van der Waals surface area contributed by atoms with Crippen molar-refractivity contribution in [2.75, 3.05) is 6.54 Å². The first-order chi connectivity index (χ1) is 16.4. The number of aliphatic hydroxyl groups is 1. The van der Waals surface area contributed by atoms with Crippen LogP contribution in [0.25, 0.3) is 11.7 Å². The van der Waals surface area contributed by atoms with Crippen LogP contribution in [0.4, 0.5) is 0 Å². The van der Waals surface area contributed by atoms with Crippen LogP contribution in [0, 0.1) is 12.8 Å². The maximum Gasteiger partial charge on any atom is 0.270 e. The molecule has 1 saturated carbocycles. The van der Waals surface area contributed by atoms with E-state index >= 15 is 0 Å². The van der Waals surface area contributed by atoms with Crippen molar-refractivity contribution in [2.24, 2.45) is 5.92 Å². The zero-order valence-electron chi connectivity index (χ0n) is 21.0. The first kappa shape index (κ1) is 25.0. The summed E-state index contributed by atoms with van der Waals surface area (Å²) in [5.74, 6) is -1.29. The Kier molecular flexibility index (Phi) is 6.52. The molecular formula is C25H35N5O5. The minimum atomic E-state index is -1.01. The predicted molar refractivity (Wildman–Crippen MR) is 131 cm³/mol. The Balaban J connectivity index is 1.79. The monoisotopic (exact) mass is 485 g/mol. The van der Waals surface area contributed by atoms with E-state index in [1.165, 1.54) is 15.2 Å². The van der Waals surface area contributed by atoms with Crippen LogP contribution in [0.15, 0.2) is 10.9 Å². The number of hydrogen-bond acceptors (Lipinski definition) is 6. The lowest BCUT2D eigenvalue weighted by molar-refractivity contribution is -0.131. The van der Waals surface area contributed by atoms with Gasteiger partial charge in [-0.15, -0.1) is 0 Å². The maximum atomic E-state index is 13.4. The molecule has 3 N–H and O–H groups in total. The maximum absolute atomic E-state index is 13.4. The summed E-state index contributed by atoms with van der Waals surface area (Å²) in [6.07, 6.45) is 6.26. The molecule has 1 aliphatic heterocycles. The van der Waals surface area contributed by atoms with Gasteiger partial charge in [0.15, 0.2) is 5.56 Å². The molecule has 190 valence electrons. The Morgan fingerprint density at radius 2 is 1.94 bits per heavy atom. The molecule has 1 atom stereocenters. The molecule has 0 radical (unpaired) electrons. The number of fused-ring (bicyclic) bond motifs is 1. The van der Waals surface area contributed by atoms with Gasteiger partial charge in [0.1, 0.15) is 5.65 Å². The Hall–Kier alpha value is -3.14. The van der Waals surface area contributed by atoms with Gasteiger partial charge < -0.3 is 20.4 Å². The lowest BCUT2D eigenvalue weighted by Gasteiger charge is -2.33. The molecule has 0 aromatic carbocycles. The number of likely N-dealkylation sites (tertiary alicyclic amines) is 1. The van der Waals surface area contributed by atoms with Gasteiger partial charge in [0.25, 0.3) is 11.5 Å². The summed E-state index contributed by atoms with van der Waals surface area (Å²) in [7, 11) is 0. The first-order valence-corrected chi connectivity index (χ1v) is 12.3. The average Bonchev–Trinajstić information content (AvgIpc) is 3.29. The van der Waals surface area contributed by atoms with Crippen LogP contribution in [0.2, 0.25) is 0 Å². The number of aromatic hydroxyl groups is 1. The summed E-state index contributed by atoms with van der Waals surface area (Å²) in [5.41, 5.74) is -0.595. The highest BCUT2D eigenvalue weighted by atomic mass is 16.3. The molecule has 1 saturated heterocycles. The van der Waals surface area contributed by atoms with Crippen LogP contribution in [-0.4, -0.2) is 65.3 Å². The standard InChI is InChI=1S/C25H35N5O5/c1-14(2)13-29-22-17(10-11-19(31)28-12-6-7-18(28)25(4,5)35)15(3)27-30(22)24(34)20(23(29)33)21(32)26-16-8-9-16/h10-11,14,16,18,34-35H,6-9,12-13H2,1-5H3,(H,26,32)/b11-10+/t18-/m0/s1. The third-order valence-electron chi connectivity index (χ3n) is 6.65. The van der Waals surface area contributed by atoms with E-state index < -0.39 is 22.9 Å². The molecule has 2 fully saturated rings. The largest absolute Gasteiger partial charge is 0.492 e. The van der Waals surface area contributed by atoms with Crippen molar-refractivity contribution in [2.45, 2.75) is 84.5 Å². The lowest BCUT2D eigenvalue weighted by atomic mass is 9.96. The van der Waals surface area contributed by atoms with Crippen LogP contribution in [0.1, 0.15) is 75.0 Å². The van der Waals surface area contributed by atoms with E-state index in [4.69, 9.17) is 0 Å². The number of nitrogens with one attached hydrogen (secondary N) is 1. The molecule has 4 rings (SSSR count). The fraction of sp³-hybridized carbons (Fsp3) is 0.600. The summed E-state index contributed by atoms with van der Waals surface area (Å²) < 4.78 is 2.66. The van der Waals surface area contributed by atoms with Crippen LogP contribution >= 0.6 is 0 Å². The van der Waals surface area contributed by atoms with E-state index in [-0.39, 0.29) is 29.5 Å². The summed E-state index contributed by atoms with van der Waals surface area (Å²) in [6.45, 7) is 9.89. The molecule has 2 aliphatic rings. The fourth-order valence-corrected chi connectivity index (χ4v) is 4.80. The number of carbonyl (C=O) groups excluding carboxylic acids is 2. The minimum Gasteiger partial charge on any atom is -0.492 e. The molecular weight excluding hydrogens is 450 g/mol. The highest BCUT2D eigenvalue weighted by Gasteiger charge is 2.37. The van der Waals surface area contributed by atoms with Crippen molar-refractivity contribution in [1.82, 2.24) is 24.4 Å². The Labute approximate surface area is 204 Å². The summed E-state index contributed by atoms with van der Waals surface area (Å²) in [4.78, 5) is 40.9. The molecule has 10 nitrogen and oxygen atoms in total. The van der Waals surface area contributed by atoms with Gasteiger partial charge in [-0.05, 0) is 58.4 Å². The molecule has 0 spiro atoms. The Morgan fingerprint density at radius 1 is 1.26 bits per heavy atom. The van der Waals surface area contributed by atoms with Gasteiger partial charge in [-0.3, -0.25) is 19.0 Å². The molecule has 10 heteroatoms. The van der Waals surface area contributed by atoms with Gasteiger partial charge >= 0.3 is 0 Å². The number of carbonyl (C=O) groups is 2. The normalized spacial score (nSPS) is 18.8. The quantitative estimate of drug-likeness (QED) is 0.513. The highest BCUT2D eigenvalue weighted by Crippen LogP contribution is 2.28. The number of aromatic nitrogens is 3. The minimum absolute atomic E-state index is 0.0257. The second-order valence-corrected chi connectivity index (χ2v) is 10.7. The van der Waals surface area contributed by atoms with Gasteiger partial charge in [-0.1, -0.05) is 13.8 Å². The number of nitrogens with zero attached hydrogens (tertiary/aromatic N) is 4. The molecule has 2 amide bonds. The van der Waals surface area contributed by atoms with Gasteiger partial charge in [-0.25, -0.2) is 0 Å². The fourth-order valence-electron chi connectivity index (χ4n) is 4.80. The van der Waals surface area contributed by atoms with Gasteiger partial charge in [-0.2, -0.15) is 9.61 Å². The predicted octanol–water partition coefficient (Wildman–Crippen LogP) is 1.83. The van der Waals surface area contributed by atoms with E-state index in [0.717, 1.165) is 25.7 Å². The second kappa shape index (κ2) is 9.14. The van der Waals surface area contributed by atoms with Gasteiger partial charge in [0.05, 0.1) is 17.3 Å². The number of hydrogen-bond donors (Lipinski definition) is 3. The van der Waals surface area contributed by atoms with Crippen molar-refractivity contribution in [3.05, 3.63) is 33.3 Å². The molecule has 2 aromatic rings. The van der Waals surface area contributed by atoms with Gasteiger partial charge in [0.2, 0.25) is 11.8 Å². The summed E-state index contributed by atoms with van der Waals surface area (Å²) in [5, 5.41) is 28.5. The number of aryl methyl sites for hydroxylation is 1. The molecule has 3 heterocycles. The van der Waals surface area contributed by atoms with Gasteiger partial charge in [0, 0.05) is 30.8 Å². The Bertz CT molecular complexity index is 1250. The molecule has 0 bridgehead atoms. The molecule has 2 aromatic heterocycles. The second-order valence-electron chi connectivity index (χ2n) is 10.7. The summed E-state index contributed by atoms with van der Waals surface area (Å²) in [6, 6.07) is -0.252. The van der Waals surface area contributed by atoms with Crippen molar-refractivity contribution in [3.63, 3.8) is 0 Å². The Morgan fingerprint density at radius 3 is 2.54 bits per heavy atom. The van der Waals surface area contributed by atoms with Crippen molar-refractivity contribution < 1.29 is 19.8 Å². The molecule has 0 unspecified atom stereocenters. The zero-order chi connectivity index (χ0) is 25.7. The van der Waals surface area contributed by atoms with Crippen LogP contribution in [0.3, 0.4) is 0 Å². The lowest BCUT2D eigenvalue weighted by Crippen LogP contribution is -2.47. The van der Waals surface area contributed by atoms with E-state index in [2.05, 4.69) is 10.4 Å². The van der Waals surface area contributed by atoms with Crippen LogP contribution < -0.4 is 10.9 Å².